The highest BCUT2D eigenvalue weighted by molar-refractivity contribution is 7.99. The van der Waals surface area contributed by atoms with E-state index in [1.807, 2.05) is 0 Å². The summed E-state index contributed by atoms with van der Waals surface area (Å²) in [6.07, 6.45) is 13.5. The highest BCUT2D eigenvalue weighted by Gasteiger charge is 2.22. The molecule has 0 saturated heterocycles. The predicted molar refractivity (Wildman–Crippen MR) is 156 cm³/mol. The highest BCUT2D eigenvalue weighted by atomic mass is 32.2. The molecule has 0 aromatic heterocycles. The molecule has 1 rings (SSSR count). The molecule has 1 aromatic rings. The summed E-state index contributed by atoms with van der Waals surface area (Å²) < 4.78 is 0. The molecule has 0 spiro atoms. The smallest absolute Gasteiger partial charge is 0.327 e. The van der Waals surface area contributed by atoms with Gasteiger partial charge in [-0.3, -0.25) is 4.79 Å². The van der Waals surface area contributed by atoms with Gasteiger partial charge in [-0.25, -0.2) is 4.79 Å². The first-order valence-electron chi connectivity index (χ1n) is 13.9. The summed E-state index contributed by atoms with van der Waals surface area (Å²) in [5.41, 5.74) is 1.14. The number of rotatable bonds is 19. The van der Waals surface area contributed by atoms with Gasteiger partial charge in [0.05, 0.1) is 0 Å². The van der Waals surface area contributed by atoms with Gasteiger partial charge in [-0.1, -0.05) is 84.3 Å². The number of benzene rings is 1. The molecule has 38 heavy (non-hydrogen) atoms. The number of carbonyl (C=O) groups excluding carboxylic acids is 1. The zero-order valence-corrected chi connectivity index (χ0v) is 24.6. The first-order valence-corrected chi connectivity index (χ1v) is 15.1. The standard InChI is InChI=1S/C30H49NO6S/c1-20(2)9-6-10-21(3)11-7-12-22(4)13-8-14-23(5)15-16-38-19-25(30(36)37)31-29(35)24-17-26(32)28(34)27(33)18-24/h15,17-18,20-22,25,32-34H,6-14,16,19H2,1-5H3,(H,31,35)(H,36,37)/b23-15+. The van der Waals surface area contributed by atoms with Gasteiger partial charge in [0.15, 0.2) is 17.2 Å². The fourth-order valence-electron chi connectivity index (χ4n) is 4.35. The van der Waals surface area contributed by atoms with Crippen molar-refractivity contribution in [3.8, 4) is 17.2 Å². The maximum absolute atomic E-state index is 12.4. The molecule has 8 heteroatoms. The molecule has 0 heterocycles. The van der Waals surface area contributed by atoms with Crippen LogP contribution in [0.25, 0.3) is 0 Å². The zero-order valence-electron chi connectivity index (χ0n) is 23.8. The van der Waals surface area contributed by atoms with Crippen LogP contribution in [-0.4, -0.2) is 49.9 Å². The van der Waals surface area contributed by atoms with Crippen LogP contribution in [0.3, 0.4) is 0 Å². The number of aliphatic carboxylic acids is 1. The third-order valence-corrected chi connectivity index (χ3v) is 7.88. The minimum atomic E-state index is -1.17. The van der Waals surface area contributed by atoms with Gasteiger partial charge >= 0.3 is 5.97 Å². The van der Waals surface area contributed by atoms with Crippen molar-refractivity contribution >= 4 is 23.6 Å². The Kier molecular flexibility index (Phi) is 16.0. The van der Waals surface area contributed by atoms with Crippen LogP contribution in [0, 0.1) is 17.8 Å². The van der Waals surface area contributed by atoms with Gasteiger partial charge in [0, 0.05) is 17.1 Å². The van der Waals surface area contributed by atoms with Crippen molar-refractivity contribution in [1.29, 1.82) is 0 Å². The van der Waals surface area contributed by atoms with Gasteiger partial charge in [0.1, 0.15) is 6.04 Å². The lowest BCUT2D eigenvalue weighted by Crippen LogP contribution is -2.42. The van der Waals surface area contributed by atoms with Crippen molar-refractivity contribution < 1.29 is 30.0 Å². The maximum Gasteiger partial charge on any atom is 0.327 e. The van der Waals surface area contributed by atoms with E-state index in [0.717, 1.165) is 42.7 Å². The second-order valence-corrected chi connectivity index (χ2v) is 12.2. The van der Waals surface area contributed by atoms with Crippen LogP contribution in [-0.2, 0) is 4.79 Å². The van der Waals surface area contributed by atoms with Gasteiger partial charge < -0.3 is 25.7 Å². The SMILES string of the molecule is C/C(=C\CSCC(NC(=O)c1cc(O)c(O)c(O)c1)C(=O)O)CCCC(C)CCCC(C)CCCC(C)C. The summed E-state index contributed by atoms with van der Waals surface area (Å²) >= 11 is 1.41. The lowest BCUT2D eigenvalue weighted by atomic mass is 9.91. The Morgan fingerprint density at radius 1 is 0.895 bits per heavy atom. The van der Waals surface area contributed by atoms with Crippen molar-refractivity contribution in [2.75, 3.05) is 11.5 Å². The Morgan fingerprint density at radius 3 is 1.95 bits per heavy atom. The van der Waals surface area contributed by atoms with E-state index >= 15 is 0 Å². The largest absolute Gasteiger partial charge is 0.504 e. The van der Waals surface area contributed by atoms with E-state index in [1.165, 1.54) is 62.3 Å². The Labute approximate surface area is 233 Å². The average molecular weight is 552 g/mol. The molecular formula is C30H49NO6S. The van der Waals surface area contributed by atoms with Gasteiger partial charge in [-0.15, -0.1) is 0 Å². The Bertz CT molecular complexity index is 878. The van der Waals surface area contributed by atoms with Crippen molar-refractivity contribution in [1.82, 2.24) is 5.32 Å². The fraction of sp³-hybridized carbons (Fsp3) is 0.667. The first kappa shape index (κ1) is 33.7. The Balaban J connectivity index is 2.30. The monoisotopic (exact) mass is 551 g/mol. The molecule has 3 atom stereocenters. The summed E-state index contributed by atoms with van der Waals surface area (Å²) in [6, 6.07) is 0.815. The molecule has 0 saturated carbocycles. The molecule has 0 aliphatic carbocycles. The molecule has 1 aromatic carbocycles. The maximum atomic E-state index is 12.4. The first-order chi connectivity index (χ1) is 17.9. The predicted octanol–water partition coefficient (Wildman–Crippen LogP) is 7.11. The topological polar surface area (TPSA) is 127 Å². The summed E-state index contributed by atoms with van der Waals surface area (Å²) in [7, 11) is 0. The van der Waals surface area contributed by atoms with Crippen LogP contribution in [0.15, 0.2) is 23.8 Å². The van der Waals surface area contributed by atoms with Crippen molar-refractivity contribution in [2.45, 2.75) is 98.4 Å². The van der Waals surface area contributed by atoms with E-state index < -0.39 is 35.2 Å². The summed E-state index contributed by atoms with van der Waals surface area (Å²) in [4.78, 5) is 23.9. The summed E-state index contributed by atoms with van der Waals surface area (Å²) in [6.45, 7) is 11.4. The minimum absolute atomic E-state index is 0.143. The number of aromatic hydroxyl groups is 3. The number of nitrogens with one attached hydrogen (secondary N) is 1. The number of hydrogen-bond donors (Lipinski definition) is 5. The number of thioether (sulfide) groups is 1. The van der Waals surface area contributed by atoms with E-state index in [0.29, 0.717) is 5.75 Å². The van der Waals surface area contributed by atoms with Gasteiger partial charge in [-0.2, -0.15) is 11.8 Å². The molecule has 5 N–H and O–H groups in total. The van der Waals surface area contributed by atoms with Crippen molar-refractivity contribution in [3.05, 3.63) is 29.3 Å². The van der Waals surface area contributed by atoms with E-state index in [-0.39, 0.29) is 11.3 Å². The lowest BCUT2D eigenvalue weighted by Gasteiger charge is -2.15. The molecule has 7 nitrogen and oxygen atoms in total. The number of allylic oxidation sites excluding steroid dienone is 1. The van der Waals surface area contributed by atoms with Crippen LogP contribution in [0.4, 0.5) is 0 Å². The highest BCUT2D eigenvalue weighted by Crippen LogP contribution is 2.35. The molecular weight excluding hydrogens is 502 g/mol. The van der Waals surface area contributed by atoms with E-state index in [2.05, 4.69) is 46.0 Å². The van der Waals surface area contributed by atoms with Crippen LogP contribution in [0.1, 0.15) is 103 Å². The second kappa shape index (κ2) is 18.0. The van der Waals surface area contributed by atoms with Gasteiger partial charge in [-0.05, 0) is 49.7 Å². The number of hydrogen-bond acceptors (Lipinski definition) is 6. The number of phenolic OH excluding ortho intramolecular Hbond substituents is 3. The number of phenols is 3. The molecule has 0 aliphatic rings. The van der Waals surface area contributed by atoms with E-state index in [4.69, 9.17) is 0 Å². The number of carboxylic acid groups (broad SMARTS) is 1. The summed E-state index contributed by atoms with van der Waals surface area (Å²) in [5, 5.41) is 40.4. The molecule has 0 bridgehead atoms. The van der Waals surface area contributed by atoms with Gasteiger partial charge in [0.2, 0.25) is 0 Å². The number of amides is 1. The van der Waals surface area contributed by atoms with Gasteiger partial charge in [0.25, 0.3) is 5.91 Å². The van der Waals surface area contributed by atoms with Crippen molar-refractivity contribution in [2.24, 2.45) is 17.8 Å². The average Bonchev–Trinajstić information content (AvgIpc) is 2.83. The molecule has 1 amide bonds. The Hall–Kier alpha value is -2.35. The third kappa shape index (κ3) is 14.0. The van der Waals surface area contributed by atoms with Crippen molar-refractivity contribution in [3.63, 3.8) is 0 Å². The van der Waals surface area contributed by atoms with E-state index in [9.17, 15) is 30.0 Å². The molecule has 3 unspecified atom stereocenters. The van der Waals surface area contributed by atoms with Crippen LogP contribution >= 0.6 is 11.8 Å². The Morgan fingerprint density at radius 2 is 1.42 bits per heavy atom. The van der Waals surface area contributed by atoms with E-state index in [1.54, 1.807) is 0 Å². The number of carboxylic acids is 1. The van der Waals surface area contributed by atoms with Crippen LogP contribution in [0.5, 0.6) is 17.2 Å². The summed E-state index contributed by atoms with van der Waals surface area (Å²) in [5.74, 6) is -0.792. The lowest BCUT2D eigenvalue weighted by molar-refractivity contribution is -0.138. The second-order valence-electron chi connectivity index (χ2n) is 11.2. The molecule has 216 valence electrons. The molecule has 0 fully saturated rings. The number of carbonyl (C=O) groups is 2. The zero-order chi connectivity index (χ0) is 28.7. The normalized spacial score (nSPS) is 14.3. The van der Waals surface area contributed by atoms with Crippen LogP contribution in [0.2, 0.25) is 0 Å². The fourth-order valence-corrected chi connectivity index (χ4v) is 5.35. The quantitative estimate of drug-likeness (QED) is 0.0704. The molecule has 0 radical (unpaired) electrons. The van der Waals surface area contributed by atoms with Crippen LogP contribution < -0.4 is 5.32 Å². The molecule has 0 aliphatic heterocycles. The minimum Gasteiger partial charge on any atom is -0.504 e. The third-order valence-electron chi connectivity index (χ3n) is 6.91.